The van der Waals surface area contributed by atoms with Crippen LogP contribution >= 0.6 is 11.6 Å². The summed E-state index contributed by atoms with van der Waals surface area (Å²) in [7, 11) is 1.47. The number of methoxy groups -OCH3 is 1. The number of ether oxygens (including phenoxy) is 3. The average Bonchev–Trinajstić information content (AvgIpc) is 2.67. The maximum absolute atomic E-state index is 12.0. The lowest BCUT2D eigenvalue weighted by Crippen LogP contribution is -2.18. The first kappa shape index (κ1) is 20.2. The summed E-state index contributed by atoms with van der Waals surface area (Å²) in [5.41, 5.74) is 3.23. The molecule has 9 heteroatoms. The van der Waals surface area contributed by atoms with E-state index >= 15 is 0 Å². The third-order valence-electron chi connectivity index (χ3n) is 3.22. The van der Waals surface area contributed by atoms with E-state index in [-0.39, 0.29) is 23.9 Å². The van der Waals surface area contributed by atoms with E-state index in [0.717, 1.165) is 0 Å². The Kier molecular flexibility index (Phi) is 7.57. The smallest absolute Gasteiger partial charge is 0.344 e. The van der Waals surface area contributed by atoms with Crippen molar-refractivity contribution in [3.8, 4) is 11.5 Å². The topological polar surface area (TPSA) is 99.1 Å². The van der Waals surface area contributed by atoms with Crippen LogP contribution in [-0.2, 0) is 9.53 Å². The zero-order valence-corrected chi connectivity index (χ0v) is 15.5. The quantitative estimate of drug-likeness (QED) is 0.321. The lowest BCUT2D eigenvalue weighted by molar-refractivity contribution is -0.145. The molecule has 0 bridgehead atoms. The molecule has 1 aromatic heterocycles. The summed E-state index contributed by atoms with van der Waals surface area (Å²) in [6.07, 6.45) is 2.92. The number of hydrogen-bond donors (Lipinski definition) is 1. The van der Waals surface area contributed by atoms with Crippen LogP contribution in [0.3, 0.4) is 0 Å². The van der Waals surface area contributed by atoms with E-state index in [1.54, 1.807) is 37.3 Å². The fourth-order valence-corrected chi connectivity index (χ4v) is 2.21. The van der Waals surface area contributed by atoms with Crippen LogP contribution in [0.4, 0.5) is 0 Å². The summed E-state index contributed by atoms with van der Waals surface area (Å²) in [6.45, 7) is 1.78. The molecule has 0 spiro atoms. The number of nitrogens with one attached hydrogen (secondary N) is 1. The summed E-state index contributed by atoms with van der Waals surface area (Å²) in [6, 6.07) is 8.10. The number of hydrazone groups is 1. The first-order valence-corrected chi connectivity index (χ1v) is 8.33. The van der Waals surface area contributed by atoms with E-state index in [2.05, 4.69) is 15.5 Å². The van der Waals surface area contributed by atoms with Crippen LogP contribution in [0.1, 0.15) is 22.8 Å². The van der Waals surface area contributed by atoms with Gasteiger partial charge in [0.05, 0.1) is 25.5 Å². The van der Waals surface area contributed by atoms with Crippen LogP contribution in [0, 0.1) is 0 Å². The molecule has 0 atom stereocenters. The third-order valence-corrected chi connectivity index (χ3v) is 3.52. The normalized spacial score (nSPS) is 10.5. The van der Waals surface area contributed by atoms with Gasteiger partial charge in [-0.2, -0.15) is 5.10 Å². The second-order valence-electron chi connectivity index (χ2n) is 5.04. The highest BCUT2D eigenvalue weighted by Crippen LogP contribution is 2.27. The van der Waals surface area contributed by atoms with Gasteiger partial charge < -0.3 is 14.2 Å². The predicted octanol–water partition coefficient (Wildman–Crippen LogP) is 2.45. The van der Waals surface area contributed by atoms with Gasteiger partial charge in [-0.1, -0.05) is 11.6 Å². The molecule has 142 valence electrons. The average molecular weight is 392 g/mol. The van der Waals surface area contributed by atoms with Crippen LogP contribution in [0.5, 0.6) is 11.5 Å². The minimum absolute atomic E-state index is 0.0926. The molecule has 0 aliphatic carbocycles. The number of hydrogen-bond acceptors (Lipinski definition) is 7. The van der Waals surface area contributed by atoms with Crippen molar-refractivity contribution >= 4 is 29.7 Å². The number of nitrogens with zero attached hydrogens (tertiary/aromatic N) is 2. The van der Waals surface area contributed by atoms with Crippen molar-refractivity contribution < 1.29 is 23.8 Å². The SMILES string of the molecule is CCOC(=O)COc1ccc(C=NNC(=O)c2cccnc2Cl)cc1OC. The van der Waals surface area contributed by atoms with Crippen molar-refractivity contribution in [2.75, 3.05) is 20.3 Å². The zero-order chi connectivity index (χ0) is 19.6. The second kappa shape index (κ2) is 10.1. The largest absolute Gasteiger partial charge is 0.493 e. The van der Waals surface area contributed by atoms with E-state index in [0.29, 0.717) is 17.1 Å². The molecular weight excluding hydrogens is 374 g/mol. The summed E-state index contributed by atoms with van der Waals surface area (Å²) >= 11 is 5.86. The van der Waals surface area contributed by atoms with Gasteiger partial charge in [0.15, 0.2) is 18.1 Å². The standard InChI is InChI=1S/C18H18ClN3O5/c1-3-26-16(23)11-27-14-7-6-12(9-15(14)25-2)10-21-22-18(24)13-5-4-8-20-17(13)19/h4-10H,3,11H2,1-2H3,(H,22,24). The maximum Gasteiger partial charge on any atom is 0.344 e. The molecule has 1 N–H and O–H groups in total. The van der Waals surface area contributed by atoms with E-state index < -0.39 is 11.9 Å². The van der Waals surface area contributed by atoms with Crippen LogP contribution < -0.4 is 14.9 Å². The molecular formula is C18H18ClN3O5. The molecule has 0 unspecified atom stereocenters. The number of benzene rings is 1. The number of pyridine rings is 1. The van der Waals surface area contributed by atoms with Crippen LogP contribution in [0.15, 0.2) is 41.6 Å². The van der Waals surface area contributed by atoms with Crippen molar-refractivity contribution in [3.05, 3.63) is 52.8 Å². The zero-order valence-electron chi connectivity index (χ0n) is 14.8. The molecule has 0 aliphatic rings. The minimum Gasteiger partial charge on any atom is -0.493 e. The summed E-state index contributed by atoms with van der Waals surface area (Å²) in [5.74, 6) is -0.161. The van der Waals surface area contributed by atoms with Crippen molar-refractivity contribution in [2.24, 2.45) is 5.10 Å². The molecule has 2 aromatic rings. The molecule has 0 fully saturated rings. The Morgan fingerprint density at radius 3 is 2.81 bits per heavy atom. The Balaban J connectivity index is 2.00. The second-order valence-corrected chi connectivity index (χ2v) is 5.40. The van der Waals surface area contributed by atoms with Gasteiger partial charge in [0.1, 0.15) is 5.15 Å². The van der Waals surface area contributed by atoms with Crippen LogP contribution in [0.25, 0.3) is 0 Å². The van der Waals surface area contributed by atoms with Gasteiger partial charge in [-0.05, 0) is 42.8 Å². The Labute approximate surface area is 161 Å². The highest BCUT2D eigenvalue weighted by atomic mass is 35.5. The van der Waals surface area contributed by atoms with Gasteiger partial charge in [0.2, 0.25) is 0 Å². The fourth-order valence-electron chi connectivity index (χ4n) is 2.00. The van der Waals surface area contributed by atoms with Crippen molar-refractivity contribution in [2.45, 2.75) is 6.92 Å². The van der Waals surface area contributed by atoms with Crippen LogP contribution in [-0.4, -0.2) is 43.4 Å². The molecule has 0 aliphatic heterocycles. The molecule has 2 rings (SSSR count). The third kappa shape index (κ3) is 5.96. The van der Waals surface area contributed by atoms with Gasteiger partial charge in [-0.25, -0.2) is 15.2 Å². The summed E-state index contributed by atoms with van der Waals surface area (Å²) in [4.78, 5) is 27.2. The monoisotopic (exact) mass is 391 g/mol. The Morgan fingerprint density at radius 1 is 1.30 bits per heavy atom. The lowest BCUT2D eigenvalue weighted by Gasteiger charge is -2.10. The maximum atomic E-state index is 12.0. The van der Waals surface area contributed by atoms with E-state index in [9.17, 15) is 9.59 Å². The summed E-state index contributed by atoms with van der Waals surface area (Å²) < 4.78 is 15.4. The first-order chi connectivity index (χ1) is 13.0. The van der Waals surface area contributed by atoms with Gasteiger partial charge in [0.25, 0.3) is 5.91 Å². The Hall–Kier alpha value is -3.13. The highest BCUT2D eigenvalue weighted by Gasteiger charge is 2.10. The molecule has 1 aromatic carbocycles. The first-order valence-electron chi connectivity index (χ1n) is 7.95. The predicted molar refractivity (Wildman–Crippen MR) is 99.4 cm³/mol. The van der Waals surface area contributed by atoms with Crippen molar-refractivity contribution in [1.82, 2.24) is 10.4 Å². The van der Waals surface area contributed by atoms with Crippen molar-refractivity contribution in [1.29, 1.82) is 0 Å². The van der Waals surface area contributed by atoms with Gasteiger partial charge in [-0.15, -0.1) is 0 Å². The van der Waals surface area contributed by atoms with Crippen LogP contribution in [0.2, 0.25) is 5.15 Å². The molecule has 0 saturated heterocycles. The molecule has 1 amide bonds. The van der Waals surface area contributed by atoms with Crippen molar-refractivity contribution in [3.63, 3.8) is 0 Å². The number of halogens is 1. The fraction of sp³-hybridized carbons (Fsp3) is 0.222. The van der Waals surface area contributed by atoms with E-state index in [1.165, 1.54) is 19.5 Å². The minimum atomic E-state index is -0.481. The van der Waals surface area contributed by atoms with E-state index in [4.69, 9.17) is 25.8 Å². The molecule has 0 saturated carbocycles. The van der Waals surface area contributed by atoms with Gasteiger partial charge in [0, 0.05) is 6.20 Å². The van der Waals surface area contributed by atoms with Gasteiger partial charge in [-0.3, -0.25) is 4.79 Å². The number of carbonyl (C=O) groups is 2. The highest BCUT2D eigenvalue weighted by molar-refractivity contribution is 6.32. The molecule has 27 heavy (non-hydrogen) atoms. The number of carbonyl (C=O) groups excluding carboxylic acids is 2. The van der Waals surface area contributed by atoms with E-state index in [1.807, 2.05) is 0 Å². The lowest BCUT2D eigenvalue weighted by atomic mass is 10.2. The van der Waals surface area contributed by atoms with Gasteiger partial charge >= 0.3 is 5.97 Å². The summed E-state index contributed by atoms with van der Waals surface area (Å²) in [5, 5.41) is 3.97. The Bertz CT molecular complexity index is 841. The number of amides is 1. The molecule has 0 radical (unpaired) electrons. The molecule has 1 heterocycles. The number of rotatable bonds is 8. The number of esters is 1. The Morgan fingerprint density at radius 2 is 2.11 bits per heavy atom. The number of aromatic nitrogens is 1. The molecule has 8 nitrogen and oxygen atoms in total.